The van der Waals surface area contributed by atoms with E-state index in [1.165, 1.54) is 6.21 Å². The topological polar surface area (TPSA) is 86.2 Å². The Bertz CT molecular complexity index is 1170. The lowest BCUT2D eigenvalue weighted by atomic mass is 10.2. The molecule has 0 unspecified atom stereocenters. The van der Waals surface area contributed by atoms with Crippen LogP contribution in [-0.4, -0.2) is 31.3 Å². The maximum Gasteiger partial charge on any atom is 0.343 e. The second-order valence-electron chi connectivity index (χ2n) is 7.33. The predicted molar refractivity (Wildman–Crippen MR) is 139 cm³/mol. The summed E-state index contributed by atoms with van der Waals surface area (Å²) in [5.74, 6) is 0.581. The number of esters is 1. The molecule has 9 heteroatoms. The number of carbonyl (C=O) groups is 2. The average molecular weight is 560 g/mol. The summed E-state index contributed by atoms with van der Waals surface area (Å²) in [6.45, 7) is 2.55. The van der Waals surface area contributed by atoms with Crippen LogP contribution in [0.5, 0.6) is 17.2 Å². The second kappa shape index (κ2) is 13.5. The van der Waals surface area contributed by atoms with Gasteiger partial charge in [-0.3, -0.25) is 4.79 Å². The van der Waals surface area contributed by atoms with Gasteiger partial charge in [-0.2, -0.15) is 5.10 Å². The van der Waals surface area contributed by atoms with Crippen molar-refractivity contribution < 1.29 is 23.8 Å². The number of ether oxygens (including phenoxy) is 3. The molecule has 3 aromatic rings. The molecule has 0 aliphatic rings. The van der Waals surface area contributed by atoms with Crippen molar-refractivity contribution >= 4 is 45.6 Å². The lowest BCUT2D eigenvalue weighted by molar-refractivity contribution is -0.123. The molecule has 0 saturated heterocycles. The van der Waals surface area contributed by atoms with Gasteiger partial charge in [0.2, 0.25) is 0 Å². The molecule has 0 fully saturated rings. The molecule has 182 valence electrons. The highest BCUT2D eigenvalue weighted by Crippen LogP contribution is 2.23. The fourth-order valence-electron chi connectivity index (χ4n) is 2.78. The van der Waals surface area contributed by atoms with Crippen LogP contribution < -0.4 is 19.6 Å². The second-order valence-corrected chi connectivity index (χ2v) is 8.69. The van der Waals surface area contributed by atoms with E-state index in [0.717, 1.165) is 23.1 Å². The van der Waals surface area contributed by atoms with E-state index >= 15 is 0 Å². The van der Waals surface area contributed by atoms with Gasteiger partial charge in [-0.05, 0) is 73.2 Å². The van der Waals surface area contributed by atoms with Crippen LogP contribution in [0.4, 0.5) is 0 Å². The van der Waals surface area contributed by atoms with E-state index in [2.05, 4.69) is 33.4 Å². The van der Waals surface area contributed by atoms with Gasteiger partial charge in [0.25, 0.3) is 5.91 Å². The normalized spacial score (nSPS) is 10.7. The average Bonchev–Trinajstić information content (AvgIpc) is 2.85. The summed E-state index contributed by atoms with van der Waals surface area (Å²) in [4.78, 5) is 24.5. The van der Waals surface area contributed by atoms with Gasteiger partial charge in [-0.25, -0.2) is 10.2 Å². The minimum atomic E-state index is -0.544. The number of nitrogens with zero attached hydrogens (tertiary/aromatic N) is 1. The molecule has 0 aliphatic heterocycles. The first-order chi connectivity index (χ1) is 16.9. The Morgan fingerprint density at radius 1 is 1.00 bits per heavy atom. The lowest BCUT2D eigenvalue weighted by Crippen LogP contribution is -2.24. The Labute approximate surface area is 217 Å². The number of hydrogen-bond acceptors (Lipinski definition) is 6. The predicted octanol–water partition coefficient (Wildman–Crippen LogP) is 6.03. The van der Waals surface area contributed by atoms with Gasteiger partial charge >= 0.3 is 5.97 Å². The Morgan fingerprint density at radius 3 is 2.37 bits per heavy atom. The number of benzene rings is 3. The van der Waals surface area contributed by atoms with Gasteiger partial charge in [-0.15, -0.1) is 0 Å². The van der Waals surface area contributed by atoms with E-state index in [0.29, 0.717) is 28.5 Å². The van der Waals surface area contributed by atoms with Crippen molar-refractivity contribution in [3.63, 3.8) is 0 Å². The van der Waals surface area contributed by atoms with Crippen molar-refractivity contribution in [2.24, 2.45) is 5.10 Å². The molecular formula is C26H24BrClN2O5. The number of halogens is 2. The summed E-state index contributed by atoms with van der Waals surface area (Å²) in [5.41, 5.74) is 3.24. The largest absolute Gasteiger partial charge is 0.494 e. The third-order valence-corrected chi connectivity index (χ3v) is 5.35. The smallest absolute Gasteiger partial charge is 0.343 e. The van der Waals surface area contributed by atoms with Crippen LogP contribution in [0, 0.1) is 0 Å². The van der Waals surface area contributed by atoms with Gasteiger partial charge in [0.1, 0.15) is 17.2 Å². The van der Waals surface area contributed by atoms with Crippen LogP contribution in [-0.2, 0) is 4.79 Å². The van der Waals surface area contributed by atoms with Crippen LogP contribution >= 0.6 is 27.5 Å². The van der Waals surface area contributed by atoms with E-state index in [-0.39, 0.29) is 12.4 Å². The van der Waals surface area contributed by atoms with E-state index in [1.807, 2.05) is 0 Å². The standard InChI is InChI=1S/C26H24BrClN2O5/c1-2-3-14-33-22-9-11-23(12-10-22)34-17-25(31)30-29-16-19-15-20(27)6-13-24(19)35-26(32)18-4-7-21(28)8-5-18/h4-13,15-16H,2-3,14,17H2,1H3,(H,30,31)/b29-16+. The van der Waals surface area contributed by atoms with Crippen molar-refractivity contribution in [3.05, 3.63) is 87.4 Å². The van der Waals surface area contributed by atoms with Crippen molar-refractivity contribution in [1.29, 1.82) is 0 Å². The third-order valence-electron chi connectivity index (χ3n) is 4.61. The molecule has 0 atom stereocenters. The highest BCUT2D eigenvalue weighted by atomic mass is 79.9. The fraction of sp³-hybridized carbons (Fsp3) is 0.192. The molecule has 0 spiro atoms. The molecular weight excluding hydrogens is 536 g/mol. The first kappa shape index (κ1) is 26.2. The number of unbranched alkanes of at least 4 members (excludes halogenated alkanes) is 1. The molecule has 7 nitrogen and oxygen atoms in total. The molecule has 35 heavy (non-hydrogen) atoms. The zero-order chi connectivity index (χ0) is 25.0. The van der Waals surface area contributed by atoms with E-state index < -0.39 is 11.9 Å². The minimum absolute atomic E-state index is 0.218. The number of hydrogen-bond donors (Lipinski definition) is 1. The van der Waals surface area contributed by atoms with Crippen molar-refractivity contribution in [3.8, 4) is 17.2 Å². The summed E-state index contributed by atoms with van der Waals surface area (Å²) in [7, 11) is 0. The maximum atomic E-state index is 12.4. The van der Waals surface area contributed by atoms with E-state index in [4.69, 9.17) is 25.8 Å². The van der Waals surface area contributed by atoms with E-state index in [9.17, 15) is 9.59 Å². The van der Waals surface area contributed by atoms with Crippen LogP contribution in [0.2, 0.25) is 5.02 Å². The molecule has 1 N–H and O–H groups in total. The number of carbonyl (C=O) groups excluding carboxylic acids is 2. The molecule has 0 aliphatic carbocycles. The van der Waals surface area contributed by atoms with Gasteiger partial charge in [-0.1, -0.05) is 40.9 Å². The Kier molecular flexibility index (Phi) is 10.1. The van der Waals surface area contributed by atoms with Gasteiger partial charge in [0, 0.05) is 15.1 Å². The molecule has 1 amide bonds. The summed E-state index contributed by atoms with van der Waals surface area (Å²) in [5, 5.41) is 4.47. The number of hydrazone groups is 1. The van der Waals surface area contributed by atoms with Gasteiger partial charge in [0.05, 0.1) is 18.4 Å². The fourth-order valence-corrected chi connectivity index (χ4v) is 3.28. The Balaban J connectivity index is 1.53. The minimum Gasteiger partial charge on any atom is -0.494 e. The zero-order valence-corrected chi connectivity index (χ0v) is 21.3. The van der Waals surface area contributed by atoms with Crippen molar-refractivity contribution in [2.45, 2.75) is 19.8 Å². The Morgan fingerprint density at radius 2 is 1.69 bits per heavy atom. The van der Waals surface area contributed by atoms with Crippen LogP contribution in [0.1, 0.15) is 35.7 Å². The quantitative estimate of drug-likeness (QED) is 0.102. The zero-order valence-electron chi connectivity index (χ0n) is 19.0. The van der Waals surface area contributed by atoms with Crippen molar-refractivity contribution in [1.82, 2.24) is 5.43 Å². The molecule has 0 bridgehead atoms. The molecule has 0 radical (unpaired) electrons. The van der Waals surface area contributed by atoms with Gasteiger partial charge in [0.15, 0.2) is 6.61 Å². The Hall–Kier alpha value is -3.36. The van der Waals surface area contributed by atoms with Crippen LogP contribution in [0.25, 0.3) is 0 Å². The molecule has 0 aromatic heterocycles. The van der Waals surface area contributed by atoms with Crippen molar-refractivity contribution in [2.75, 3.05) is 13.2 Å². The van der Waals surface area contributed by atoms with Crippen LogP contribution in [0.3, 0.4) is 0 Å². The first-order valence-electron chi connectivity index (χ1n) is 10.9. The molecule has 3 rings (SSSR count). The summed E-state index contributed by atoms with van der Waals surface area (Å²) in [6.07, 6.45) is 3.44. The van der Waals surface area contributed by atoms with E-state index in [1.54, 1.807) is 66.7 Å². The van der Waals surface area contributed by atoms with Gasteiger partial charge < -0.3 is 14.2 Å². The highest BCUT2D eigenvalue weighted by Gasteiger charge is 2.12. The monoisotopic (exact) mass is 558 g/mol. The maximum absolute atomic E-state index is 12.4. The SMILES string of the molecule is CCCCOc1ccc(OCC(=O)N/N=C/c2cc(Br)ccc2OC(=O)c2ccc(Cl)cc2)cc1. The summed E-state index contributed by atoms with van der Waals surface area (Å²) < 4.78 is 17.3. The first-order valence-corrected chi connectivity index (χ1v) is 12.1. The lowest BCUT2D eigenvalue weighted by Gasteiger charge is -2.09. The molecule has 0 heterocycles. The summed E-state index contributed by atoms with van der Waals surface area (Å²) >= 11 is 9.24. The highest BCUT2D eigenvalue weighted by molar-refractivity contribution is 9.10. The molecule has 0 saturated carbocycles. The number of rotatable bonds is 11. The third kappa shape index (κ3) is 8.73. The number of nitrogens with one attached hydrogen (secondary N) is 1. The molecule has 3 aromatic carbocycles. The van der Waals surface area contributed by atoms with Crippen LogP contribution in [0.15, 0.2) is 76.3 Å². The summed E-state index contributed by atoms with van der Waals surface area (Å²) in [6, 6.07) is 18.5. The number of amides is 1.